The number of urea groups is 1. The molecule has 0 atom stereocenters. The molecule has 3 aromatic rings. The average Bonchev–Trinajstić information content (AvgIpc) is 3.06. The zero-order valence-electron chi connectivity index (χ0n) is 19.9. The number of carbonyl (C=O) groups excluding carboxylic acids is 2. The minimum absolute atomic E-state index is 0.0630. The Morgan fingerprint density at radius 3 is 2.41 bits per heavy atom. The summed E-state index contributed by atoms with van der Waals surface area (Å²) in [6.45, 7) is 5.18. The molecule has 6 nitrogen and oxygen atoms in total. The fraction of sp³-hybridized carbons (Fsp3) is 0.357. The van der Waals surface area contributed by atoms with Crippen molar-refractivity contribution in [3.8, 4) is 5.75 Å². The van der Waals surface area contributed by atoms with E-state index >= 15 is 0 Å². The Morgan fingerprint density at radius 1 is 0.912 bits per heavy atom. The van der Waals surface area contributed by atoms with Gasteiger partial charge in [0.05, 0.1) is 13.7 Å². The topological polar surface area (TPSA) is 53.1 Å². The summed E-state index contributed by atoms with van der Waals surface area (Å²) >= 11 is 0. The van der Waals surface area contributed by atoms with Gasteiger partial charge in [-0.25, -0.2) is 4.79 Å². The van der Waals surface area contributed by atoms with E-state index in [-0.39, 0.29) is 18.5 Å². The molecule has 5 rings (SSSR count). The predicted octanol–water partition coefficient (Wildman–Crippen LogP) is 4.67. The number of benzene rings is 3. The first kappa shape index (κ1) is 22.4. The number of methoxy groups -OCH3 is 1. The maximum atomic E-state index is 13.7. The maximum absolute atomic E-state index is 13.7. The van der Waals surface area contributed by atoms with Crippen molar-refractivity contribution in [3.05, 3.63) is 77.9 Å². The number of imide groups is 1. The van der Waals surface area contributed by atoms with Crippen molar-refractivity contribution in [2.45, 2.75) is 38.4 Å². The SMILES string of the molecule is CCN1C(=O)N(Cc2cccc(OC)c2)C(=O)C12CCN(Cc1cccc3ccccc13)CC2. The summed E-state index contributed by atoms with van der Waals surface area (Å²) in [6, 6.07) is 22.3. The number of rotatable bonds is 6. The highest BCUT2D eigenvalue weighted by Crippen LogP contribution is 2.38. The number of likely N-dealkylation sites (N-methyl/N-ethyl adjacent to an activating group) is 1. The van der Waals surface area contributed by atoms with E-state index in [1.54, 1.807) is 12.0 Å². The molecule has 3 aromatic carbocycles. The van der Waals surface area contributed by atoms with Gasteiger partial charge in [0.1, 0.15) is 11.3 Å². The first-order chi connectivity index (χ1) is 16.6. The normalized spacial score (nSPS) is 18.3. The number of ether oxygens (including phenoxy) is 1. The largest absolute Gasteiger partial charge is 0.497 e. The number of nitrogens with zero attached hydrogens (tertiary/aromatic N) is 3. The van der Waals surface area contributed by atoms with Crippen LogP contribution in [0.4, 0.5) is 4.79 Å². The molecule has 2 saturated heterocycles. The van der Waals surface area contributed by atoms with Crippen molar-refractivity contribution in [1.82, 2.24) is 14.7 Å². The summed E-state index contributed by atoms with van der Waals surface area (Å²) in [5, 5.41) is 2.52. The van der Waals surface area contributed by atoms with Gasteiger partial charge >= 0.3 is 6.03 Å². The second-order valence-corrected chi connectivity index (χ2v) is 9.22. The lowest BCUT2D eigenvalue weighted by molar-refractivity contribution is -0.136. The van der Waals surface area contributed by atoms with Gasteiger partial charge in [0.25, 0.3) is 5.91 Å². The Bertz CT molecular complexity index is 1210. The van der Waals surface area contributed by atoms with E-state index < -0.39 is 5.54 Å². The summed E-state index contributed by atoms with van der Waals surface area (Å²) in [7, 11) is 1.62. The number of amides is 3. The van der Waals surface area contributed by atoms with Crippen LogP contribution in [-0.2, 0) is 17.9 Å². The van der Waals surface area contributed by atoms with Crippen molar-refractivity contribution in [3.63, 3.8) is 0 Å². The highest BCUT2D eigenvalue weighted by atomic mass is 16.5. The van der Waals surface area contributed by atoms with Gasteiger partial charge in [-0.15, -0.1) is 0 Å². The quantitative estimate of drug-likeness (QED) is 0.505. The third-order valence-electron chi connectivity index (χ3n) is 7.37. The molecule has 2 aliphatic rings. The molecule has 0 N–H and O–H groups in total. The van der Waals surface area contributed by atoms with Crippen LogP contribution in [0.25, 0.3) is 10.8 Å². The molecule has 176 valence electrons. The molecule has 2 aliphatic heterocycles. The van der Waals surface area contributed by atoms with E-state index in [4.69, 9.17) is 4.74 Å². The Morgan fingerprint density at radius 2 is 1.65 bits per heavy atom. The molecule has 0 unspecified atom stereocenters. The van der Waals surface area contributed by atoms with Crippen LogP contribution in [0.3, 0.4) is 0 Å². The van der Waals surface area contributed by atoms with E-state index in [0.717, 1.165) is 30.9 Å². The van der Waals surface area contributed by atoms with Crippen molar-refractivity contribution < 1.29 is 14.3 Å². The lowest BCUT2D eigenvalue weighted by Gasteiger charge is -2.42. The van der Waals surface area contributed by atoms with Crippen molar-refractivity contribution in [2.24, 2.45) is 0 Å². The first-order valence-electron chi connectivity index (χ1n) is 12.0. The van der Waals surface area contributed by atoms with Gasteiger partial charge in [0.2, 0.25) is 0 Å². The second-order valence-electron chi connectivity index (χ2n) is 9.22. The molecular formula is C28H31N3O3. The van der Waals surface area contributed by atoms with Crippen molar-refractivity contribution in [2.75, 3.05) is 26.7 Å². The van der Waals surface area contributed by atoms with Gasteiger partial charge < -0.3 is 9.64 Å². The van der Waals surface area contributed by atoms with E-state index in [9.17, 15) is 9.59 Å². The highest BCUT2D eigenvalue weighted by Gasteiger charge is 2.57. The molecule has 6 heteroatoms. The van der Waals surface area contributed by atoms with Gasteiger partial charge in [-0.05, 0) is 53.8 Å². The van der Waals surface area contributed by atoms with E-state index in [1.807, 2.05) is 31.2 Å². The van der Waals surface area contributed by atoms with Crippen LogP contribution in [0.2, 0.25) is 0 Å². The summed E-state index contributed by atoms with van der Waals surface area (Å²) in [5.41, 5.74) is 1.46. The zero-order valence-corrected chi connectivity index (χ0v) is 19.9. The molecule has 3 amide bonds. The van der Waals surface area contributed by atoms with Crippen LogP contribution >= 0.6 is 0 Å². The van der Waals surface area contributed by atoms with E-state index in [2.05, 4.69) is 47.4 Å². The molecule has 34 heavy (non-hydrogen) atoms. The Balaban J connectivity index is 1.32. The molecule has 0 saturated carbocycles. The van der Waals surface area contributed by atoms with Gasteiger partial charge in [-0.2, -0.15) is 0 Å². The fourth-order valence-corrected chi connectivity index (χ4v) is 5.55. The maximum Gasteiger partial charge on any atom is 0.327 e. The number of piperidine rings is 1. The highest BCUT2D eigenvalue weighted by molar-refractivity contribution is 6.07. The van der Waals surface area contributed by atoms with Crippen molar-refractivity contribution >= 4 is 22.7 Å². The lowest BCUT2D eigenvalue weighted by atomic mass is 9.85. The minimum Gasteiger partial charge on any atom is -0.497 e. The van der Waals surface area contributed by atoms with E-state index in [1.165, 1.54) is 21.2 Å². The standard InChI is InChI=1S/C28H31N3O3/c1-3-31-27(33)30(19-21-8-6-12-24(18-21)34-2)26(32)28(31)14-16-29(17-15-28)20-23-11-7-10-22-9-4-5-13-25(22)23/h4-13,18H,3,14-17,19-20H2,1-2H3. The van der Waals surface area contributed by atoms with Crippen LogP contribution in [0.1, 0.15) is 30.9 Å². The monoisotopic (exact) mass is 457 g/mol. The Hall–Kier alpha value is -3.38. The fourth-order valence-electron chi connectivity index (χ4n) is 5.55. The summed E-state index contributed by atoms with van der Waals surface area (Å²) in [5.74, 6) is 0.660. The summed E-state index contributed by atoms with van der Waals surface area (Å²) in [4.78, 5) is 32.6. The number of fused-ring (bicyclic) bond motifs is 1. The molecular weight excluding hydrogens is 426 g/mol. The van der Waals surface area contributed by atoms with Crippen LogP contribution in [0.15, 0.2) is 66.7 Å². The first-order valence-corrected chi connectivity index (χ1v) is 12.0. The molecule has 2 fully saturated rings. The Kier molecular flexibility index (Phi) is 6.00. The molecule has 1 spiro atoms. The smallest absolute Gasteiger partial charge is 0.327 e. The molecule has 0 bridgehead atoms. The summed E-state index contributed by atoms with van der Waals surface area (Å²) < 4.78 is 5.31. The van der Waals surface area contributed by atoms with Crippen molar-refractivity contribution in [1.29, 1.82) is 0 Å². The summed E-state index contributed by atoms with van der Waals surface area (Å²) in [6.07, 6.45) is 1.32. The third kappa shape index (κ3) is 3.82. The molecule has 0 radical (unpaired) electrons. The lowest BCUT2D eigenvalue weighted by Crippen LogP contribution is -2.56. The van der Waals surface area contributed by atoms with Crippen LogP contribution in [0.5, 0.6) is 5.75 Å². The van der Waals surface area contributed by atoms with Gasteiger partial charge in [0, 0.05) is 26.2 Å². The minimum atomic E-state index is -0.736. The predicted molar refractivity (Wildman–Crippen MR) is 133 cm³/mol. The number of hydrogen-bond donors (Lipinski definition) is 0. The molecule has 0 aliphatic carbocycles. The zero-order chi connectivity index (χ0) is 23.7. The van der Waals surface area contributed by atoms with E-state index in [0.29, 0.717) is 19.4 Å². The van der Waals surface area contributed by atoms with Gasteiger partial charge in [-0.1, -0.05) is 54.6 Å². The van der Waals surface area contributed by atoms with Crippen LogP contribution in [0, 0.1) is 0 Å². The average molecular weight is 458 g/mol. The third-order valence-corrected chi connectivity index (χ3v) is 7.37. The molecule has 0 aromatic heterocycles. The Labute approximate surface area is 200 Å². The molecule has 2 heterocycles. The number of likely N-dealkylation sites (tertiary alicyclic amines) is 1. The van der Waals surface area contributed by atoms with Crippen LogP contribution < -0.4 is 4.74 Å². The van der Waals surface area contributed by atoms with Gasteiger partial charge in [-0.3, -0.25) is 14.6 Å². The van der Waals surface area contributed by atoms with Crippen LogP contribution in [-0.4, -0.2) is 58.9 Å². The second kappa shape index (κ2) is 9.11. The number of carbonyl (C=O) groups is 2. The number of hydrogen-bond acceptors (Lipinski definition) is 4. The van der Waals surface area contributed by atoms with Gasteiger partial charge in [0.15, 0.2) is 0 Å².